The average molecular weight is 271 g/mol. The molecule has 0 bridgehead atoms. The van der Waals surface area contributed by atoms with Crippen LogP contribution in [0.1, 0.15) is 5.56 Å². The SMILES string of the molecule is BrCc1ccc2c(ccc3ccccc32)c1. The third-order valence-electron chi connectivity index (χ3n) is 2.96. The van der Waals surface area contributed by atoms with E-state index in [1.54, 1.807) is 0 Å². The van der Waals surface area contributed by atoms with Crippen molar-refractivity contribution >= 4 is 37.5 Å². The molecular formula is C15H11Br. The molecule has 0 aromatic heterocycles. The van der Waals surface area contributed by atoms with Gasteiger partial charge in [-0.05, 0) is 27.1 Å². The summed E-state index contributed by atoms with van der Waals surface area (Å²) in [5, 5.41) is 6.21. The molecule has 0 radical (unpaired) electrons. The van der Waals surface area contributed by atoms with Crippen LogP contribution in [0.2, 0.25) is 0 Å². The third kappa shape index (κ3) is 1.52. The van der Waals surface area contributed by atoms with Crippen LogP contribution in [0.15, 0.2) is 54.6 Å². The molecule has 0 saturated heterocycles. The lowest BCUT2D eigenvalue weighted by atomic mass is 10.0. The quantitative estimate of drug-likeness (QED) is 0.436. The summed E-state index contributed by atoms with van der Waals surface area (Å²) in [5.41, 5.74) is 1.32. The fourth-order valence-corrected chi connectivity index (χ4v) is 2.49. The highest BCUT2D eigenvalue weighted by Gasteiger charge is 2.00. The largest absolute Gasteiger partial charge is 0.0876 e. The number of alkyl halides is 1. The number of fused-ring (bicyclic) bond motifs is 3. The van der Waals surface area contributed by atoms with E-state index in [0.717, 1.165) is 5.33 Å². The minimum absolute atomic E-state index is 0.912. The lowest BCUT2D eigenvalue weighted by Gasteiger charge is -2.05. The molecule has 0 nitrogen and oxygen atoms in total. The summed E-state index contributed by atoms with van der Waals surface area (Å²) in [6, 6.07) is 19.6. The van der Waals surface area contributed by atoms with Crippen LogP contribution < -0.4 is 0 Å². The van der Waals surface area contributed by atoms with E-state index in [0.29, 0.717) is 0 Å². The monoisotopic (exact) mass is 270 g/mol. The van der Waals surface area contributed by atoms with Gasteiger partial charge in [-0.2, -0.15) is 0 Å². The molecule has 78 valence electrons. The Kier molecular flexibility index (Phi) is 2.41. The van der Waals surface area contributed by atoms with Gasteiger partial charge in [0.15, 0.2) is 0 Å². The maximum absolute atomic E-state index is 3.49. The molecule has 3 aromatic carbocycles. The van der Waals surface area contributed by atoms with Crippen molar-refractivity contribution in [2.75, 3.05) is 0 Å². The summed E-state index contributed by atoms with van der Waals surface area (Å²) in [4.78, 5) is 0. The summed E-state index contributed by atoms with van der Waals surface area (Å²) in [7, 11) is 0. The fourth-order valence-electron chi connectivity index (χ4n) is 2.15. The van der Waals surface area contributed by atoms with Gasteiger partial charge >= 0.3 is 0 Å². The normalized spacial score (nSPS) is 11.1. The molecule has 0 fully saturated rings. The summed E-state index contributed by atoms with van der Waals surface area (Å²) in [5.74, 6) is 0. The lowest BCUT2D eigenvalue weighted by Crippen LogP contribution is -1.80. The second kappa shape index (κ2) is 3.91. The molecule has 3 rings (SSSR count). The molecule has 0 amide bonds. The van der Waals surface area contributed by atoms with Crippen LogP contribution in [0, 0.1) is 0 Å². The first-order chi connectivity index (χ1) is 7.88. The molecule has 0 saturated carbocycles. The Bertz CT molecular complexity index is 656. The third-order valence-corrected chi connectivity index (χ3v) is 3.61. The smallest absolute Gasteiger partial charge is 0.0283 e. The van der Waals surface area contributed by atoms with Crippen molar-refractivity contribution in [3.8, 4) is 0 Å². The average Bonchev–Trinajstić information content (AvgIpc) is 2.38. The fraction of sp³-hybridized carbons (Fsp3) is 0.0667. The minimum atomic E-state index is 0.912. The zero-order valence-corrected chi connectivity index (χ0v) is 10.4. The maximum atomic E-state index is 3.49. The molecule has 3 aromatic rings. The number of benzene rings is 3. The van der Waals surface area contributed by atoms with E-state index in [1.165, 1.54) is 27.1 Å². The molecule has 0 aliphatic carbocycles. The molecule has 0 spiro atoms. The van der Waals surface area contributed by atoms with Crippen molar-refractivity contribution in [2.45, 2.75) is 5.33 Å². The molecule has 0 aliphatic heterocycles. The summed E-state index contributed by atoms with van der Waals surface area (Å²) >= 11 is 3.49. The molecule has 16 heavy (non-hydrogen) atoms. The van der Waals surface area contributed by atoms with Crippen molar-refractivity contribution in [3.05, 3.63) is 60.2 Å². The first-order valence-electron chi connectivity index (χ1n) is 5.35. The Morgan fingerprint density at radius 3 is 2.38 bits per heavy atom. The van der Waals surface area contributed by atoms with Crippen LogP contribution in [0.4, 0.5) is 0 Å². The van der Waals surface area contributed by atoms with Gasteiger partial charge in [0.1, 0.15) is 0 Å². The van der Waals surface area contributed by atoms with E-state index in [1.807, 2.05) is 0 Å². The Hall–Kier alpha value is -1.34. The van der Waals surface area contributed by atoms with E-state index >= 15 is 0 Å². The van der Waals surface area contributed by atoms with Gasteiger partial charge < -0.3 is 0 Å². The molecule has 0 N–H and O–H groups in total. The van der Waals surface area contributed by atoms with Gasteiger partial charge in [0.05, 0.1) is 0 Å². The van der Waals surface area contributed by atoms with Crippen molar-refractivity contribution < 1.29 is 0 Å². The van der Waals surface area contributed by atoms with E-state index in [4.69, 9.17) is 0 Å². The molecule has 0 atom stereocenters. The van der Waals surface area contributed by atoms with Crippen molar-refractivity contribution in [1.29, 1.82) is 0 Å². The molecule has 1 heteroatoms. The van der Waals surface area contributed by atoms with E-state index in [2.05, 4.69) is 70.5 Å². The van der Waals surface area contributed by atoms with E-state index in [-0.39, 0.29) is 0 Å². The van der Waals surface area contributed by atoms with E-state index in [9.17, 15) is 0 Å². The number of rotatable bonds is 1. The highest BCUT2D eigenvalue weighted by molar-refractivity contribution is 9.08. The first kappa shape index (κ1) is 9.86. The van der Waals surface area contributed by atoms with Gasteiger partial charge in [0.25, 0.3) is 0 Å². The topological polar surface area (TPSA) is 0 Å². The Morgan fingerprint density at radius 2 is 1.50 bits per heavy atom. The van der Waals surface area contributed by atoms with Crippen molar-refractivity contribution in [1.82, 2.24) is 0 Å². The van der Waals surface area contributed by atoms with E-state index < -0.39 is 0 Å². The summed E-state index contributed by atoms with van der Waals surface area (Å²) in [6.45, 7) is 0. The number of hydrogen-bond donors (Lipinski definition) is 0. The van der Waals surface area contributed by atoms with Gasteiger partial charge in [0.2, 0.25) is 0 Å². The molecular weight excluding hydrogens is 260 g/mol. The highest BCUT2D eigenvalue weighted by atomic mass is 79.9. The predicted molar refractivity (Wildman–Crippen MR) is 74.1 cm³/mol. The summed E-state index contributed by atoms with van der Waals surface area (Å²) in [6.07, 6.45) is 0. The standard InChI is InChI=1S/C15H11Br/c16-10-11-5-8-15-13(9-11)7-6-12-3-1-2-4-14(12)15/h1-9H,10H2. The Balaban J connectivity index is 2.43. The maximum Gasteiger partial charge on any atom is 0.0283 e. The Labute approximate surface area is 103 Å². The second-order valence-electron chi connectivity index (χ2n) is 3.98. The first-order valence-corrected chi connectivity index (χ1v) is 6.47. The minimum Gasteiger partial charge on any atom is -0.0876 e. The van der Waals surface area contributed by atoms with Gasteiger partial charge in [-0.1, -0.05) is 70.5 Å². The van der Waals surface area contributed by atoms with Crippen LogP contribution in [0.3, 0.4) is 0 Å². The second-order valence-corrected chi connectivity index (χ2v) is 4.54. The Morgan fingerprint density at radius 1 is 0.750 bits per heavy atom. The summed E-state index contributed by atoms with van der Waals surface area (Å²) < 4.78 is 0. The van der Waals surface area contributed by atoms with Crippen LogP contribution in [0.25, 0.3) is 21.5 Å². The van der Waals surface area contributed by atoms with Crippen LogP contribution >= 0.6 is 15.9 Å². The number of halogens is 1. The number of hydrogen-bond acceptors (Lipinski definition) is 0. The van der Waals surface area contributed by atoms with Crippen LogP contribution in [0.5, 0.6) is 0 Å². The zero-order chi connectivity index (χ0) is 11.0. The van der Waals surface area contributed by atoms with Crippen molar-refractivity contribution in [2.24, 2.45) is 0 Å². The van der Waals surface area contributed by atoms with Gasteiger partial charge in [-0.15, -0.1) is 0 Å². The lowest BCUT2D eigenvalue weighted by molar-refractivity contribution is 1.47. The van der Waals surface area contributed by atoms with Crippen molar-refractivity contribution in [3.63, 3.8) is 0 Å². The van der Waals surface area contributed by atoms with Gasteiger partial charge in [0, 0.05) is 5.33 Å². The molecule has 0 aliphatic rings. The molecule has 0 heterocycles. The highest BCUT2D eigenvalue weighted by Crippen LogP contribution is 2.26. The van der Waals surface area contributed by atoms with Gasteiger partial charge in [-0.25, -0.2) is 0 Å². The zero-order valence-electron chi connectivity index (χ0n) is 8.78. The predicted octanol–water partition coefficient (Wildman–Crippen LogP) is 4.89. The molecule has 0 unspecified atom stereocenters. The van der Waals surface area contributed by atoms with Gasteiger partial charge in [-0.3, -0.25) is 0 Å². The van der Waals surface area contributed by atoms with Crippen LogP contribution in [-0.4, -0.2) is 0 Å². The van der Waals surface area contributed by atoms with Crippen LogP contribution in [-0.2, 0) is 5.33 Å².